The van der Waals surface area contributed by atoms with Gasteiger partial charge in [0.05, 0.1) is 10.6 Å². The molecular weight excluding hydrogens is 392 g/mol. The number of aromatic nitrogens is 2. The Morgan fingerprint density at radius 2 is 2.04 bits per heavy atom. The lowest BCUT2D eigenvalue weighted by Gasteiger charge is -2.01. The highest BCUT2D eigenvalue weighted by Crippen LogP contribution is 2.32. The van der Waals surface area contributed by atoms with Crippen LogP contribution in [-0.2, 0) is 0 Å². The van der Waals surface area contributed by atoms with Crippen LogP contribution in [0.3, 0.4) is 0 Å². The van der Waals surface area contributed by atoms with E-state index in [4.69, 9.17) is 16.6 Å². The molecule has 0 aliphatic carbocycles. The highest BCUT2D eigenvalue weighted by molar-refractivity contribution is 9.10. The van der Waals surface area contributed by atoms with Crippen molar-refractivity contribution in [3.05, 3.63) is 56.6 Å². The number of benzene rings is 1. The van der Waals surface area contributed by atoms with E-state index in [-0.39, 0.29) is 0 Å². The van der Waals surface area contributed by atoms with E-state index in [1.807, 2.05) is 30.3 Å². The number of nitrogens with zero attached hydrogens (tertiary/aromatic N) is 1. The molecule has 3 nitrogen and oxygen atoms in total. The molecule has 0 aliphatic heterocycles. The van der Waals surface area contributed by atoms with Gasteiger partial charge in [0.1, 0.15) is 11.3 Å². The number of aryl methyl sites for hydroxylation is 1. The summed E-state index contributed by atoms with van der Waals surface area (Å²) in [5.41, 5.74) is 2.53. The molecule has 0 saturated heterocycles. The second kappa shape index (κ2) is 5.70. The molecule has 0 saturated carbocycles. The van der Waals surface area contributed by atoms with Crippen molar-refractivity contribution in [2.24, 2.45) is 0 Å². The molecule has 4 aromatic rings. The lowest BCUT2D eigenvalue weighted by Crippen LogP contribution is -1.89. The maximum absolute atomic E-state index is 5.92. The SMILES string of the molecule is Cc1ccc(-c2cc(-c3cc4cc(Br)ccc4o3)nc(=S)[nH]2)s1. The fourth-order valence-electron chi connectivity index (χ4n) is 2.44. The highest BCUT2D eigenvalue weighted by atomic mass is 79.9. The monoisotopic (exact) mass is 402 g/mol. The van der Waals surface area contributed by atoms with Crippen molar-refractivity contribution >= 4 is 50.5 Å². The predicted octanol–water partition coefficient (Wildman–Crippen LogP) is 6.35. The van der Waals surface area contributed by atoms with E-state index in [0.29, 0.717) is 10.5 Å². The number of furan rings is 1. The summed E-state index contributed by atoms with van der Waals surface area (Å²) in [5.74, 6) is 0.715. The summed E-state index contributed by atoms with van der Waals surface area (Å²) < 4.78 is 7.39. The Morgan fingerprint density at radius 1 is 1.17 bits per heavy atom. The Bertz CT molecular complexity index is 1080. The fourth-order valence-corrected chi connectivity index (χ4v) is 3.86. The largest absolute Gasteiger partial charge is 0.454 e. The molecule has 0 unspecified atom stereocenters. The van der Waals surface area contributed by atoms with Crippen LogP contribution in [-0.4, -0.2) is 9.97 Å². The van der Waals surface area contributed by atoms with Crippen LogP contribution in [0.25, 0.3) is 33.0 Å². The number of rotatable bonds is 2. The predicted molar refractivity (Wildman–Crippen MR) is 100 cm³/mol. The maximum atomic E-state index is 5.92. The zero-order valence-corrected chi connectivity index (χ0v) is 15.3. The third kappa shape index (κ3) is 2.89. The summed E-state index contributed by atoms with van der Waals surface area (Å²) in [6.07, 6.45) is 0. The number of hydrogen-bond acceptors (Lipinski definition) is 4. The van der Waals surface area contributed by atoms with Crippen molar-refractivity contribution in [1.29, 1.82) is 0 Å². The topological polar surface area (TPSA) is 41.8 Å². The van der Waals surface area contributed by atoms with E-state index in [2.05, 4.69) is 45.0 Å². The first-order valence-electron chi connectivity index (χ1n) is 6.96. The number of hydrogen-bond donors (Lipinski definition) is 1. The van der Waals surface area contributed by atoms with Gasteiger partial charge in [-0.1, -0.05) is 15.9 Å². The van der Waals surface area contributed by atoms with Gasteiger partial charge in [0, 0.05) is 14.7 Å². The molecule has 0 radical (unpaired) electrons. The Balaban J connectivity index is 1.87. The van der Waals surface area contributed by atoms with Gasteiger partial charge in [-0.05, 0) is 61.6 Å². The van der Waals surface area contributed by atoms with Crippen molar-refractivity contribution in [3.63, 3.8) is 0 Å². The molecular formula is C17H11BrN2OS2. The molecule has 0 spiro atoms. The van der Waals surface area contributed by atoms with Crippen LogP contribution in [0.2, 0.25) is 0 Å². The highest BCUT2D eigenvalue weighted by Gasteiger charge is 2.11. The van der Waals surface area contributed by atoms with Crippen LogP contribution in [0, 0.1) is 11.7 Å². The quantitative estimate of drug-likeness (QED) is 0.397. The van der Waals surface area contributed by atoms with Gasteiger partial charge in [-0.2, -0.15) is 0 Å². The molecule has 0 fully saturated rings. The smallest absolute Gasteiger partial charge is 0.197 e. The normalized spacial score (nSPS) is 11.2. The average molecular weight is 403 g/mol. The molecule has 0 atom stereocenters. The van der Waals surface area contributed by atoms with Crippen molar-refractivity contribution in [2.45, 2.75) is 6.92 Å². The van der Waals surface area contributed by atoms with Gasteiger partial charge in [0.15, 0.2) is 10.5 Å². The first kappa shape index (κ1) is 14.8. The Hall–Kier alpha value is -1.76. The first-order valence-corrected chi connectivity index (χ1v) is 8.98. The maximum Gasteiger partial charge on any atom is 0.197 e. The van der Waals surface area contributed by atoms with Crippen molar-refractivity contribution in [3.8, 4) is 22.0 Å². The first-order chi connectivity index (χ1) is 11.1. The van der Waals surface area contributed by atoms with Crippen LogP contribution < -0.4 is 0 Å². The minimum Gasteiger partial charge on any atom is -0.454 e. The van der Waals surface area contributed by atoms with Crippen LogP contribution in [0.15, 0.2) is 51.4 Å². The minimum atomic E-state index is 0.449. The molecule has 4 rings (SSSR count). The molecule has 114 valence electrons. The molecule has 0 amide bonds. The lowest BCUT2D eigenvalue weighted by atomic mass is 10.2. The van der Waals surface area contributed by atoms with Crippen molar-refractivity contribution in [2.75, 3.05) is 0 Å². The summed E-state index contributed by atoms with van der Waals surface area (Å²) >= 11 is 10.5. The third-order valence-electron chi connectivity index (χ3n) is 3.48. The van der Waals surface area contributed by atoms with Gasteiger partial charge in [0.2, 0.25) is 0 Å². The van der Waals surface area contributed by atoms with Crippen molar-refractivity contribution < 1.29 is 4.42 Å². The third-order valence-corrected chi connectivity index (χ3v) is 5.20. The van der Waals surface area contributed by atoms with Gasteiger partial charge in [0.25, 0.3) is 0 Å². The fraction of sp³-hybridized carbons (Fsp3) is 0.0588. The van der Waals surface area contributed by atoms with E-state index in [1.54, 1.807) is 11.3 Å². The van der Waals surface area contributed by atoms with Crippen LogP contribution in [0.5, 0.6) is 0 Å². The Kier molecular flexibility index (Phi) is 3.67. The zero-order chi connectivity index (χ0) is 16.0. The Morgan fingerprint density at radius 3 is 2.83 bits per heavy atom. The average Bonchev–Trinajstić information content (AvgIpc) is 3.12. The molecule has 23 heavy (non-hydrogen) atoms. The second-order valence-electron chi connectivity index (χ2n) is 5.19. The molecule has 1 N–H and O–H groups in total. The summed E-state index contributed by atoms with van der Waals surface area (Å²) in [6.45, 7) is 2.09. The summed E-state index contributed by atoms with van der Waals surface area (Å²) in [6, 6.07) is 14.1. The second-order valence-corrected chi connectivity index (χ2v) is 7.78. The van der Waals surface area contributed by atoms with E-state index in [0.717, 1.165) is 31.7 Å². The van der Waals surface area contributed by atoms with Crippen molar-refractivity contribution in [1.82, 2.24) is 9.97 Å². The van der Waals surface area contributed by atoms with Gasteiger partial charge >= 0.3 is 0 Å². The molecule has 0 bridgehead atoms. The molecule has 3 aromatic heterocycles. The van der Waals surface area contributed by atoms with E-state index in [1.165, 1.54) is 4.88 Å². The number of nitrogens with one attached hydrogen (secondary N) is 1. The molecule has 1 aromatic carbocycles. The zero-order valence-electron chi connectivity index (χ0n) is 12.1. The molecule has 3 heterocycles. The standard InChI is InChI=1S/C17H11BrN2OS2/c1-9-2-5-16(23-9)13-8-12(19-17(22)20-13)15-7-10-6-11(18)3-4-14(10)21-15/h2-8H,1H3,(H,19,20,22). The lowest BCUT2D eigenvalue weighted by molar-refractivity contribution is 0.628. The minimum absolute atomic E-state index is 0.449. The number of fused-ring (bicyclic) bond motifs is 1. The summed E-state index contributed by atoms with van der Waals surface area (Å²) in [7, 11) is 0. The van der Waals surface area contributed by atoms with E-state index in [9.17, 15) is 0 Å². The van der Waals surface area contributed by atoms with Crippen LogP contribution in [0.1, 0.15) is 4.88 Å². The van der Waals surface area contributed by atoms with Gasteiger partial charge in [-0.3, -0.25) is 0 Å². The summed E-state index contributed by atoms with van der Waals surface area (Å²) in [5, 5.41) is 1.03. The van der Waals surface area contributed by atoms with E-state index < -0.39 is 0 Å². The number of thiophene rings is 1. The van der Waals surface area contributed by atoms with Gasteiger partial charge < -0.3 is 9.40 Å². The van der Waals surface area contributed by atoms with Gasteiger partial charge in [-0.15, -0.1) is 11.3 Å². The van der Waals surface area contributed by atoms with Gasteiger partial charge in [-0.25, -0.2) is 4.98 Å². The number of H-pyrrole nitrogens is 1. The van der Waals surface area contributed by atoms with E-state index >= 15 is 0 Å². The number of halogens is 1. The Labute approximate surface area is 150 Å². The molecule has 6 heteroatoms. The summed E-state index contributed by atoms with van der Waals surface area (Å²) in [4.78, 5) is 9.96. The van der Waals surface area contributed by atoms with Crippen LogP contribution in [0.4, 0.5) is 0 Å². The molecule has 0 aliphatic rings. The van der Waals surface area contributed by atoms with Crippen LogP contribution >= 0.6 is 39.5 Å². The number of aromatic amines is 1.